The first-order chi connectivity index (χ1) is 14.7. The van der Waals surface area contributed by atoms with Gasteiger partial charge in [-0.25, -0.2) is 0 Å². The minimum atomic E-state index is -0.970. The van der Waals surface area contributed by atoms with E-state index in [0.29, 0.717) is 28.5 Å². The smallest absolute Gasteiger partial charge is 0.258 e. The number of aromatic nitrogens is 2. The summed E-state index contributed by atoms with van der Waals surface area (Å²) in [5.74, 6) is -0.361. The highest BCUT2D eigenvalue weighted by molar-refractivity contribution is 6.42. The van der Waals surface area contributed by atoms with E-state index in [1.807, 2.05) is 4.90 Å². The number of nitrogens with zero attached hydrogens (tertiary/aromatic N) is 2. The van der Waals surface area contributed by atoms with Gasteiger partial charge in [0.15, 0.2) is 0 Å². The molecule has 1 aromatic heterocycles. The van der Waals surface area contributed by atoms with E-state index in [0.717, 1.165) is 19.5 Å². The topological polar surface area (TPSA) is 107 Å². The fraction of sp³-hybridized carbons (Fsp3) is 0.429. The lowest BCUT2D eigenvalue weighted by Gasteiger charge is -2.35. The predicted octanol–water partition coefficient (Wildman–Crippen LogP) is 3.62. The Morgan fingerprint density at radius 1 is 1.16 bits per heavy atom. The number of aromatic amines is 1. The van der Waals surface area contributed by atoms with Gasteiger partial charge in [-0.3, -0.25) is 19.4 Å². The molecule has 0 radical (unpaired) electrons. The van der Waals surface area contributed by atoms with Crippen molar-refractivity contribution in [2.75, 3.05) is 28.6 Å². The molecule has 0 aliphatic carbocycles. The fourth-order valence-electron chi connectivity index (χ4n) is 4.37. The minimum absolute atomic E-state index is 0.134. The van der Waals surface area contributed by atoms with Crippen molar-refractivity contribution in [1.29, 1.82) is 0 Å². The standard InChI is InChI=1S/C21H23Cl2N5O3/c1-10-5-11(2)9-28(8-10)21-26-18-17(20(31)27-21)13(7-16(29)25-18)19(30)24-12-3-4-14(22)15(23)6-12/h3-4,6,10-11,13H,5,7-9H2,1-2H3,(H,24,30)(H2,25,26,27,29,31)/t10-,11+,13-/m0/s1. The monoisotopic (exact) mass is 463 g/mol. The number of piperidine rings is 1. The summed E-state index contributed by atoms with van der Waals surface area (Å²) in [6.45, 7) is 5.84. The molecule has 10 heteroatoms. The van der Waals surface area contributed by atoms with E-state index < -0.39 is 17.4 Å². The number of fused-ring (bicyclic) bond motifs is 1. The van der Waals surface area contributed by atoms with Crippen molar-refractivity contribution in [2.24, 2.45) is 11.8 Å². The Balaban J connectivity index is 1.64. The van der Waals surface area contributed by atoms with Crippen LogP contribution in [-0.2, 0) is 9.59 Å². The lowest BCUT2D eigenvalue weighted by molar-refractivity contribution is -0.123. The number of H-pyrrole nitrogens is 1. The van der Waals surface area contributed by atoms with Crippen molar-refractivity contribution in [3.05, 3.63) is 44.2 Å². The van der Waals surface area contributed by atoms with Crippen molar-refractivity contribution in [1.82, 2.24) is 9.97 Å². The zero-order valence-corrected chi connectivity index (χ0v) is 18.7. The largest absolute Gasteiger partial charge is 0.342 e. The van der Waals surface area contributed by atoms with Gasteiger partial charge in [0.1, 0.15) is 5.82 Å². The first-order valence-electron chi connectivity index (χ1n) is 10.2. The number of carbonyl (C=O) groups excluding carboxylic acids is 2. The first kappa shape index (κ1) is 21.6. The number of rotatable bonds is 3. The van der Waals surface area contributed by atoms with Crippen LogP contribution >= 0.6 is 23.2 Å². The van der Waals surface area contributed by atoms with Crippen molar-refractivity contribution >= 4 is 52.5 Å². The maximum absolute atomic E-state index is 13.0. The van der Waals surface area contributed by atoms with Crippen molar-refractivity contribution < 1.29 is 9.59 Å². The van der Waals surface area contributed by atoms with Crippen molar-refractivity contribution in [2.45, 2.75) is 32.6 Å². The highest BCUT2D eigenvalue weighted by Crippen LogP contribution is 2.32. The van der Waals surface area contributed by atoms with Crippen LogP contribution in [0.1, 0.15) is 38.2 Å². The zero-order valence-electron chi connectivity index (χ0n) is 17.2. The fourth-order valence-corrected chi connectivity index (χ4v) is 4.67. The van der Waals surface area contributed by atoms with Gasteiger partial charge in [0, 0.05) is 25.2 Å². The second-order valence-electron chi connectivity index (χ2n) is 8.43. The maximum atomic E-state index is 13.0. The Labute approximate surface area is 189 Å². The summed E-state index contributed by atoms with van der Waals surface area (Å²) >= 11 is 11.9. The number of carbonyl (C=O) groups is 2. The molecular weight excluding hydrogens is 441 g/mol. The lowest BCUT2D eigenvalue weighted by Crippen LogP contribution is -2.42. The molecular formula is C21H23Cl2N5O3. The van der Waals surface area contributed by atoms with Gasteiger partial charge in [-0.1, -0.05) is 37.0 Å². The molecule has 2 aliphatic rings. The minimum Gasteiger partial charge on any atom is -0.342 e. The third-order valence-electron chi connectivity index (χ3n) is 5.61. The Bertz CT molecular complexity index is 1090. The quantitative estimate of drug-likeness (QED) is 0.643. The normalized spacial score (nSPS) is 23.2. The summed E-state index contributed by atoms with van der Waals surface area (Å²) in [4.78, 5) is 47.5. The van der Waals surface area contributed by atoms with Crippen LogP contribution in [0.15, 0.2) is 23.0 Å². The van der Waals surface area contributed by atoms with Crippen LogP contribution in [0.3, 0.4) is 0 Å². The Hall–Kier alpha value is -2.58. The molecule has 4 rings (SSSR count). The first-order valence-corrected chi connectivity index (χ1v) is 10.9. The molecule has 2 amide bonds. The van der Waals surface area contributed by atoms with Gasteiger partial charge in [0.25, 0.3) is 5.56 Å². The average Bonchev–Trinajstić information content (AvgIpc) is 2.69. The average molecular weight is 464 g/mol. The second kappa shape index (κ2) is 8.51. The summed E-state index contributed by atoms with van der Waals surface area (Å²) in [6, 6.07) is 4.67. The summed E-state index contributed by atoms with van der Waals surface area (Å²) in [5.41, 5.74) is 0.142. The van der Waals surface area contributed by atoms with Crippen LogP contribution in [0.25, 0.3) is 0 Å². The molecule has 0 unspecified atom stereocenters. The molecule has 0 spiro atoms. The SMILES string of the molecule is C[C@@H]1C[C@H](C)CN(c2nc3c(c(=O)[nH]2)[C@@H](C(=O)Nc2ccc(Cl)c(Cl)c2)CC(=O)N3)C1. The zero-order chi connectivity index (χ0) is 22.3. The lowest BCUT2D eigenvalue weighted by atomic mass is 9.91. The summed E-state index contributed by atoms with van der Waals surface area (Å²) in [5, 5.41) is 6.00. The predicted molar refractivity (Wildman–Crippen MR) is 121 cm³/mol. The summed E-state index contributed by atoms with van der Waals surface area (Å²) in [7, 11) is 0. The molecule has 3 N–H and O–H groups in total. The number of amides is 2. The molecule has 1 fully saturated rings. The van der Waals surface area contributed by atoms with Gasteiger partial charge in [-0.2, -0.15) is 4.98 Å². The van der Waals surface area contributed by atoms with Crippen LogP contribution in [-0.4, -0.2) is 34.9 Å². The number of hydrogen-bond donors (Lipinski definition) is 3. The van der Waals surface area contributed by atoms with Gasteiger partial charge < -0.3 is 15.5 Å². The van der Waals surface area contributed by atoms with Gasteiger partial charge >= 0.3 is 0 Å². The number of benzene rings is 1. The molecule has 1 saturated heterocycles. The van der Waals surface area contributed by atoms with Gasteiger partial charge in [-0.05, 0) is 36.5 Å². The number of nitrogens with one attached hydrogen (secondary N) is 3. The van der Waals surface area contributed by atoms with E-state index in [2.05, 4.69) is 34.4 Å². The van der Waals surface area contributed by atoms with Crippen molar-refractivity contribution in [3.63, 3.8) is 0 Å². The summed E-state index contributed by atoms with van der Waals surface area (Å²) < 4.78 is 0. The highest BCUT2D eigenvalue weighted by Gasteiger charge is 2.35. The number of halogens is 2. The maximum Gasteiger partial charge on any atom is 0.258 e. The van der Waals surface area contributed by atoms with Crippen LogP contribution in [0.5, 0.6) is 0 Å². The Morgan fingerprint density at radius 3 is 2.55 bits per heavy atom. The van der Waals surface area contributed by atoms with Crippen LogP contribution < -0.4 is 21.1 Å². The third kappa shape index (κ3) is 4.55. The van der Waals surface area contributed by atoms with Crippen LogP contribution in [0.4, 0.5) is 17.5 Å². The molecule has 3 atom stereocenters. The molecule has 0 saturated carbocycles. The van der Waals surface area contributed by atoms with E-state index in [1.54, 1.807) is 12.1 Å². The van der Waals surface area contributed by atoms with E-state index >= 15 is 0 Å². The molecule has 2 aromatic rings. The van der Waals surface area contributed by atoms with E-state index in [4.69, 9.17) is 23.2 Å². The van der Waals surface area contributed by atoms with Gasteiger partial charge in [-0.15, -0.1) is 0 Å². The molecule has 0 bridgehead atoms. The van der Waals surface area contributed by atoms with Gasteiger partial charge in [0.05, 0.1) is 21.5 Å². The molecule has 2 aliphatic heterocycles. The third-order valence-corrected chi connectivity index (χ3v) is 6.35. The molecule has 31 heavy (non-hydrogen) atoms. The van der Waals surface area contributed by atoms with E-state index in [9.17, 15) is 14.4 Å². The molecule has 8 nitrogen and oxygen atoms in total. The van der Waals surface area contributed by atoms with Crippen LogP contribution in [0.2, 0.25) is 10.0 Å². The van der Waals surface area contributed by atoms with Crippen LogP contribution in [0, 0.1) is 11.8 Å². The van der Waals surface area contributed by atoms with E-state index in [1.165, 1.54) is 6.07 Å². The Morgan fingerprint density at radius 2 is 1.87 bits per heavy atom. The summed E-state index contributed by atoms with van der Waals surface area (Å²) in [6.07, 6.45) is 0.960. The highest BCUT2D eigenvalue weighted by atomic mass is 35.5. The number of anilines is 3. The Kier molecular flexibility index (Phi) is 5.94. The number of hydrogen-bond acceptors (Lipinski definition) is 5. The van der Waals surface area contributed by atoms with Crippen molar-refractivity contribution in [3.8, 4) is 0 Å². The molecule has 1 aromatic carbocycles. The van der Waals surface area contributed by atoms with Gasteiger partial charge in [0.2, 0.25) is 17.8 Å². The van der Waals surface area contributed by atoms with E-state index in [-0.39, 0.29) is 28.7 Å². The second-order valence-corrected chi connectivity index (χ2v) is 9.24. The molecule has 164 valence electrons. The molecule has 3 heterocycles.